The van der Waals surface area contributed by atoms with Gasteiger partial charge in [-0.05, 0) is 56.2 Å². The average molecular weight is 302 g/mol. The zero-order valence-electron chi connectivity index (χ0n) is 11.6. The van der Waals surface area contributed by atoms with Gasteiger partial charge >= 0.3 is 0 Å². The van der Waals surface area contributed by atoms with E-state index in [1.54, 1.807) is 0 Å². The van der Waals surface area contributed by atoms with Crippen LogP contribution in [0.5, 0.6) is 0 Å². The van der Waals surface area contributed by atoms with Crippen molar-refractivity contribution in [2.24, 2.45) is 22.7 Å². The lowest BCUT2D eigenvalue weighted by Gasteiger charge is -2.36. The predicted molar refractivity (Wildman–Crippen MR) is 77.9 cm³/mol. The second-order valence-corrected chi connectivity index (χ2v) is 7.97. The first-order chi connectivity index (χ1) is 9.36. The van der Waals surface area contributed by atoms with Crippen molar-refractivity contribution in [3.05, 3.63) is 24.1 Å². The Morgan fingerprint density at radius 3 is 2.30 bits per heavy atom. The monoisotopic (exact) mass is 302 g/mol. The molecule has 0 spiro atoms. The summed E-state index contributed by atoms with van der Waals surface area (Å²) in [6.07, 6.45) is 8.60. The quantitative estimate of drug-likeness (QED) is 0.832. The molecule has 2 rings (SSSR count). The molecule has 4 N–H and O–H groups in total. The molecule has 0 aromatic heterocycles. The molecule has 0 heterocycles. The van der Waals surface area contributed by atoms with E-state index < -0.39 is 20.6 Å². The summed E-state index contributed by atoms with van der Waals surface area (Å²) in [6, 6.07) is 0. The van der Waals surface area contributed by atoms with Crippen molar-refractivity contribution in [2.75, 3.05) is 6.54 Å². The van der Waals surface area contributed by atoms with Crippen LogP contribution in [0.25, 0.3) is 0 Å². The van der Waals surface area contributed by atoms with Crippen LogP contribution in [0.3, 0.4) is 0 Å². The van der Waals surface area contributed by atoms with Crippen molar-refractivity contribution < 1.29 is 12.8 Å². The molecule has 1 atom stereocenters. The van der Waals surface area contributed by atoms with Gasteiger partial charge in [0.2, 0.25) is 10.0 Å². The molecule has 2 aliphatic rings. The van der Waals surface area contributed by atoms with Gasteiger partial charge in [0.15, 0.2) is 0 Å². The van der Waals surface area contributed by atoms with Crippen molar-refractivity contribution in [1.29, 1.82) is 0 Å². The van der Waals surface area contributed by atoms with Crippen LogP contribution in [0.1, 0.15) is 38.5 Å². The molecule has 0 bridgehead atoms. The molecule has 1 fully saturated rings. The van der Waals surface area contributed by atoms with Gasteiger partial charge in [0, 0.05) is 0 Å². The smallest absolute Gasteiger partial charge is 0.218 e. The molecule has 0 aliphatic heterocycles. The maximum atomic E-state index is 13.1. The van der Waals surface area contributed by atoms with Gasteiger partial charge in [-0.3, -0.25) is 0 Å². The van der Waals surface area contributed by atoms with Crippen LogP contribution < -0.4 is 10.9 Å². The van der Waals surface area contributed by atoms with E-state index in [0.717, 1.165) is 25.7 Å². The molecule has 6 heteroatoms. The Morgan fingerprint density at radius 1 is 1.25 bits per heavy atom. The highest BCUT2D eigenvalue weighted by Crippen LogP contribution is 2.39. The van der Waals surface area contributed by atoms with Crippen molar-refractivity contribution in [2.45, 2.75) is 43.3 Å². The molecule has 0 radical (unpaired) electrons. The molecule has 4 nitrogen and oxygen atoms in total. The Labute approximate surface area is 120 Å². The van der Waals surface area contributed by atoms with Gasteiger partial charge in [-0.1, -0.05) is 18.9 Å². The Morgan fingerprint density at radius 2 is 1.85 bits per heavy atom. The van der Waals surface area contributed by atoms with E-state index in [2.05, 4.69) is 0 Å². The third-order valence-electron chi connectivity index (χ3n) is 4.69. The zero-order valence-corrected chi connectivity index (χ0v) is 12.4. The number of rotatable bonds is 4. The lowest BCUT2D eigenvalue weighted by Crippen LogP contribution is -2.44. The van der Waals surface area contributed by atoms with E-state index in [-0.39, 0.29) is 6.42 Å². The summed E-state index contributed by atoms with van der Waals surface area (Å²) in [5.74, 6) is 0.474. The Bertz CT molecular complexity index is 507. The molecule has 114 valence electrons. The van der Waals surface area contributed by atoms with E-state index in [0.29, 0.717) is 24.8 Å². The van der Waals surface area contributed by atoms with E-state index in [9.17, 15) is 12.8 Å². The highest BCUT2D eigenvalue weighted by atomic mass is 32.2. The normalized spacial score (nSPS) is 34.9. The van der Waals surface area contributed by atoms with Crippen molar-refractivity contribution in [1.82, 2.24) is 0 Å². The lowest BCUT2D eigenvalue weighted by atomic mass is 9.76. The summed E-state index contributed by atoms with van der Waals surface area (Å²) in [5.41, 5.74) is 5.67. The van der Waals surface area contributed by atoms with Gasteiger partial charge in [-0.25, -0.2) is 17.9 Å². The van der Waals surface area contributed by atoms with Crippen LogP contribution in [-0.2, 0) is 10.0 Å². The van der Waals surface area contributed by atoms with Crippen LogP contribution in [0.15, 0.2) is 24.1 Å². The second-order valence-electron chi connectivity index (χ2n) is 6.06. The Kier molecular flexibility index (Phi) is 4.66. The number of allylic oxidation sites excluding steroid dienone is 3. The highest BCUT2D eigenvalue weighted by molar-refractivity contribution is 7.90. The van der Waals surface area contributed by atoms with Crippen molar-refractivity contribution in [3.8, 4) is 0 Å². The summed E-state index contributed by atoms with van der Waals surface area (Å²) in [4.78, 5) is 0. The van der Waals surface area contributed by atoms with Crippen LogP contribution in [0, 0.1) is 11.8 Å². The largest absolute Gasteiger partial charge is 0.330 e. The number of primary sulfonamides is 1. The van der Waals surface area contributed by atoms with Crippen LogP contribution in [0.4, 0.5) is 4.39 Å². The minimum Gasteiger partial charge on any atom is -0.330 e. The fourth-order valence-electron chi connectivity index (χ4n) is 3.28. The van der Waals surface area contributed by atoms with Gasteiger partial charge in [0.25, 0.3) is 0 Å². The summed E-state index contributed by atoms with van der Waals surface area (Å²) >= 11 is 0. The maximum Gasteiger partial charge on any atom is 0.218 e. The van der Waals surface area contributed by atoms with Gasteiger partial charge in [0.1, 0.15) is 10.6 Å². The topological polar surface area (TPSA) is 86.2 Å². The molecule has 1 saturated carbocycles. The molecule has 0 aromatic rings. The molecule has 2 aliphatic carbocycles. The lowest BCUT2D eigenvalue weighted by molar-refractivity contribution is 0.254. The minimum absolute atomic E-state index is 0.130. The Hall–Kier alpha value is -0.720. The van der Waals surface area contributed by atoms with E-state index in [4.69, 9.17) is 10.9 Å². The SMILES string of the molecule is NCC1CCC(CC2(S(N)(=O)=O)C=CC(F)=CC2)CC1. The first kappa shape index (κ1) is 15.7. The van der Waals surface area contributed by atoms with Crippen molar-refractivity contribution in [3.63, 3.8) is 0 Å². The first-order valence-electron chi connectivity index (χ1n) is 7.13. The van der Waals surface area contributed by atoms with Gasteiger partial charge in [-0.2, -0.15) is 0 Å². The van der Waals surface area contributed by atoms with Gasteiger partial charge < -0.3 is 5.73 Å². The molecule has 0 amide bonds. The second kappa shape index (κ2) is 5.95. The van der Waals surface area contributed by atoms with E-state index in [1.165, 1.54) is 18.2 Å². The molecule has 1 unspecified atom stereocenters. The fraction of sp³-hybridized carbons (Fsp3) is 0.714. The molecular weight excluding hydrogens is 279 g/mol. The van der Waals surface area contributed by atoms with Crippen molar-refractivity contribution >= 4 is 10.0 Å². The predicted octanol–water partition coefficient (Wildman–Crippen LogP) is 1.98. The number of sulfonamides is 1. The summed E-state index contributed by atoms with van der Waals surface area (Å²) < 4.78 is 35.9. The van der Waals surface area contributed by atoms with Crippen LogP contribution in [0.2, 0.25) is 0 Å². The van der Waals surface area contributed by atoms with Crippen LogP contribution >= 0.6 is 0 Å². The Balaban J connectivity index is 2.10. The van der Waals surface area contributed by atoms with Gasteiger partial charge in [-0.15, -0.1) is 0 Å². The first-order valence-corrected chi connectivity index (χ1v) is 8.68. The molecule has 0 aromatic carbocycles. The molecular formula is C14H23FN2O2S. The number of hydrogen-bond donors (Lipinski definition) is 2. The number of nitrogens with two attached hydrogens (primary N) is 2. The minimum atomic E-state index is -3.75. The summed E-state index contributed by atoms with van der Waals surface area (Å²) in [5, 5.41) is 5.41. The standard InChI is InChI=1S/C14H23FN2O2S/c15-13-5-7-14(8-6-13,20(17,18)19)9-11-1-3-12(10-16)4-2-11/h5-7,11-12H,1-4,8-10,16H2,(H2,17,18,19). The average Bonchev–Trinajstić information content (AvgIpc) is 2.41. The van der Waals surface area contributed by atoms with Crippen LogP contribution in [-0.4, -0.2) is 19.7 Å². The highest BCUT2D eigenvalue weighted by Gasteiger charge is 2.42. The number of hydrogen-bond acceptors (Lipinski definition) is 3. The zero-order chi connectivity index (χ0) is 14.8. The summed E-state index contributed by atoms with van der Waals surface area (Å²) in [6.45, 7) is 0.695. The molecule has 0 saturated heterocycles. The molecule has 20 heavy (non-hydrogen) atoms. The number of halogens is 1. The third-order valence-corrected chi connectivity index (χ3v) is 6.29. The van der Waals surface area contributed by atoms with E-state index >= 15 is 0 Å². The third kappa shape index (κ3) is 3.30. The maximum absolute atomic E-state index is 13.1. The van der Waals surface area contributed by atoms with Gasteiger partial charge in [0.05, 0.1) is 0 Å². The fourth-order valence-corrected chi connectivity index (χ4v) is 4.32. The summed E-state index contributed by atoms with van der Waals surface area (Å²) in [7, 11) is -3.75. The van der Waals surface area contributed by atoms with E-state index in [1.807, 2.05) is 0 Å².